The molecular formula is C18H15F3N4O. The lowest BCUT2D eigenvalue weighted by atomic mass is 10.2. The van der Waals surface area contributed by atoms with Crippen molar-refractivity contribution in [3.05, 3.63) is 66.1 Å². The van der Waals surface area contributed by atoms with Gasteiger partial charge in [0.1, 0.15) is 11.6 Å². The predicted octanol–water partition coefficient (Wildman–Crippen LogP) is 4.18. The maximum Gasteiger partial charge on any atom is 0.433 e. The molecule has 0 bridgehead atoms. The molecule has 0 aliphatic carbocycles. The van der Waals surface area contributed by atoms with Crippen molar-refractivity contribution >= 4 is 5.82 Å². The van der Waals surface area contributed by atoms with Gasteiger partial charge in [0.25, 0.3) is 0 Å². The van der Waals surface area contributed by atoms with E-state index < -0.39 is 11.9 Å². The van der Waals surface area contributed by atoms with Crippen molar-refractivity contribution in [2.45, 2.75) is 12.7 Å². The van der Waals surface area contributed by atoms with Crippen molar-refractivity contribution in [3.63, 3.8) is 0 Å². The molecule has 0 saturated heterocycles. The van der Waals surface area contributed by atoms with Crippen molar-refractivity contribution in [3.8, 4) is 17.1 Å². The van der Waals surface area contributed by atoms with Crippen LogP contribution in [-0.4, -0.2) is 22.1 Å². The molecule has 0 unspecified atom stereocenters. The first kappa shape index (κ1) is 17.7. The number of hydrogen-bond acceptors (Lipinski definition) is 5. The number of nitrogens with one attached hydrogen (secondary N) is 1. The summed E-state index contributed by atoms with van der Waals surface area (Å²) in [5.41, 5.74) is 0.238. The summed E-state index contributed by atoms with van der Waals surface area (Å²) in [6.45, 7) is 0.290. The average Bonchev–Trinajstić information content (AvgIpc) is 2.66. The second kappa shape index (κ2) is 7.38. The minimum Gasteiger partial charge on any atom is -0.497 e. The fourth-order valence-electron chi connectivity index (χ4n) is 2.28. The SMILES string of the molecule is COc1cccc(CNc2cc(C(F)(F)F)nc(-c3cccnc3)n2)c1. The van der Waals surface area contributed by atoms with Crippen LogP contribution < -0.4 is 10.1 Å². The van der Waals surface area contributed by atoms with Gasteiger partial charge in [0, 0.05) is 30.6 Å². The van der Waals surface area contributed by atoms with Gasteiger partial charge in [0.05, 0.1) is 7.11 Å². The van der Waals surface area contributed by atoms with Gasteiger partial charge in [-0.15, -0.1) is 0 Å². The summed E-state index contributed by atoms with van der Waals surface area (Å²) in [5, 5.41) is 2.91. The number of aromatic nitrogens is 3. The quantitative estimate of drug-likeness (QED) is 0.740. The number of anilines is 1. The Morgan fingerprint density at radius 2 is 1.92 bits per heavy atom. The van der Waals surface area contributed by atoms with E-state index in [0.717, 1.165) is 11.6 Å². The van der Waals surface area contributed by atoms with Gasteiger partial charge >= 0.3 is 6.18 Å². The molecule has 2 aromatic heterocycles. The van der Waals surface area contributed by atoms with E-state index in [1.54, 1.807) is 37.4 Å². The first-order valence-electron chi connectivity index (χ1n) is 7.69. The van der Waals surface area contributed by atoms with E-state index in [-0.39, 0.29) is 18.2 Å². The molecule has 0 atom stereocenters. The fourth-order valence-corrected chi connectivity index (χ4v) is 2.28. The molecule has 0 amide bonds. The first-order chi connectivity index (χ1) is 12.5. The number of hydrogen-bond donors (Lipinski definition) is 1. The minimum absolute atomic E-state index is 0.0407. The van der Waals surface area contributed by atoms with Crippen LogP contribution in [0.1, 0.15) is 11.3 Å². The zero-order valence-corrected chi connectivity index (χ0v) is 13.8. The molecule has 0 fully saturated rings. The van der Waals surface area contributed by atoms with Crippen LogP contribution in [0.15, 0.2) is 54.9 Å². The summed E-state index contributed by atoms with van der Waals surface area (Å²) in [7, 11) is 1.55. The number of benzene rings is 1. The van der Waals surface area contributed by atoms with Crippen LogP contribution in [0.5, 0.6) is 5.75 Å². The molecule has 0 spiro atoms. The van der Waals surface area contributed by atoms with Crippen LogP contribution >= 0.6 is 0 Å². The molecule has 0 aliphatic rings. The Morgan fingerprint density at radius 3 is 2.62 bits per heavy atom. The lowest BCUT2D eigenvalue weighted by Crippen LogP contribution is -2.12. The van der Waals surface area contributed by atoms with Gasteiger partial charge in [-0.2, -0.15) is 13.2 Å². The molecule has 3 rings (SSSR count). The number of methoxy groups -OCH3 is 1. The normalized spacial score (nSPS) is 11.2. The molecule has 8 heteroatoms. The van der Waals surface area contributed by atoms with Crippen molar-refractivity contribution in [1.82, 2.24) is 15.0 Å². The van der Waals surface area contributed by atoms with E-state index in [9.17, 15) is 13.2 Å². The molecule has 0 radical (unpaired) electrons. The highest BCUT2D eigenvalue weighted by Gasteiger charge is 2.33. The fraction of sp³-hybridized carbons (Fsp3) is 0.167. The Kier molecular flexibility index (Phi) is 5.01. The van der Waals surface area contributed by atoms with Crippen molar-refractivity contribution in [2.75, 3.05) is 12.4 Å². The van der Waals surface area contributed by atoms with Crippen LogP contribution in [0, 0.1) is 0 Å². The largest absolute Gasteiger partial charge is 0.497 e. The van der Waals surface area contributed by atoms with Gasteiger partial charge in [-0.25, -0.2) is 9.97 Å². The van der Waals surface area contributed by atoms with Crippen molar-refractivity contribution in [2.24, 2.45) is 0 Å². The van der Waals surface area contributed by atoms with E-state index in [2.05, 4.69) is 20.3 Å². The molecule has 3 aromatic rings. The van der Waals surface area contributed by atoms with Gasteiger partial charge in [0.2, 0.25) is 0 Å². The summed E-state index contributed by atoms with van der Waals surface area (Å²) in [6, 6.07) is 11.3. The van der Waals surface area contributed by atoms with Crippen LogP contribution in [0.25, 0.3) is 11.4 Å². The molecule has 26 heavy (non-hydrogen) atoms. The zero-order valence-electron chi connectivity index (χ0n) is 13.8. The smallest absolute Gasteiger partial charge is 0.433 e. The number of nitrogens with zero attached hydrogens (tertiary/aromatic N) is 3. The molecule has 2 heterocycles. The van der Waals surface area contributed by atoms with Gasteiger partial charge < -0.3 is 10.1 Å². The molecule has 5 nitrogen and oxygen atoms in total. The Balaban J connectivity index is 1.90. The third kappa shape index (κ3) is 4.27. The molecular weight excluding hydrogens is 345 g/mol. The average molecular weight is 360 g/mol. The summed E-state index contributed by atoms with van der Waals surface area (Å²) in [4.78, 5) is 11.7. The molecule has 134 valence electrons. The maximum atomic E-state index is 13.2. The summed E-state index contributed by atoms with van der Waals surface area (Å²) >= 11 is 0. The second-order valence-corrected chi connectivity index (χ2v) is 5.41. The lowest BCUT2D eigenvalue weighted by molar-refractivity contribution is -0.141. The third-order valence-corrected chi connectivity index (χ3v) is 3.54. The first-order valence-corrected chi connectivity index (χ1v) is 7.69. The minimum atomic E-state index is -4.58. The molecule has 0 aliphatic heterocycles. The highest BCUT2D eigenvalue weighted by atomic mass is 19.4. The van der Waals surface area contributed by atoms with Gasteiger partial charge in [0.15, 0.2) is 11.5 Å². The van der Waals surface area contributed by atoms with Crippen LogP contribution in [0.2, 0.25) is 0 Å². The summed E-state index contributed by atoms with van der Waals surface area (Å²) < 4.78 is 44.7. The van der Waals surface area contributed by atoms with Crippen LogP contribution in [-0.2, 0) is 12.7 Å². The number of halogens is 3. The number of rotatable bonds is 5. The van der Waals surface area contributed by atoms with E-state index in [1.165, 1.54) is 12.4 Å². The van der Waals surface area contributed by atoms with E-state index in [1.807, 2.05) is 6.07 Å². The number of alkyl halides is 3. The maximum absolute atomic E-state index is 13.2. The van der Waals surface area contributed by atoms with E-state index in [0.29, 0.717) is 11.3 Å². The van der Waals surface area contributed by atoms with Crippen molar-refractivity contribution < 1.29 is 17.9 Å². The zero-order chi connectivity index (χ0) is 18.6. The lowest BCUT2D eigenvalue weighted by Gasteiger charge is -2.12. The van der Waals surface area contributed by atoms with Crippen LogP contribution in [0.4, 0.5) is 19.0 Å². The van der Waals surface area contributed by atoms with E-state index >= 15 is 0 Å². The van der Waals surface area contributed by atoms with Gasteiger partial charge in [-0.1, -0.05) is 12.1 Å². The van der Waals surface area contributed by atoms with E-state index in [4.69, 9.17) is 4.74 Å². The Morgan fingerprint density at radius 1 is 1.08 bits per heavy atom. The number of pyridine rings is 1. The topological polar surface area (TPSA) is 59.9 Å². The standard InChI is InChI=1S/C18H15F3N4O/c1-26-14-6-2-4-12(8-14)10-23-16-9-15(18(19,20)21)24-17(25-16)13-5-3-7-22-11-13/h2-9,11H,10H2,1H3,(H,23,24,25). The van der Waals surface area contributed by atoms with Crippen LogP contribution in [0.3, 0.4) is 0 Å². The third-order valence-electron chi connectivity index (χ3n) is 3.54. The number of ether oxygens (including phenoxy) is 1. The monoisotopic (exact) mass is 360 g/mol. The van der Waals surface area contributed by atoms with Crippen molar-refractivity contribution in [1.29, 1.82) is 0 Å². The van der Waals surface area contributed by atoms with Gasteiger partial charge in [-0.3, -0.25) is 4.98 Å². The summed E-state index contributed by atoms with van der Waals surface area (Å²) in [6.07, 6.45) is -1.63. The molecule has 1 aromatic carbocycles. The molecule has 1 N–H and O–H groups in total. The summed E-state index contributed by atoms with van der Waals surface area (Å²) in [5.74, 6) is 0.703. The Hall–Kier alpha value is -3.16. The Labute approximate surface area is 147 Å². The Bertz CT molecular complexity index is 885. The van der Waals surface area contributed by atoms with Gasteiger partial charge in [-0.05, 0) is 29.8 Å². The highest BCUT2D eigenvalue weighted by Crippen LogP contribution is 2.30. The molecule has 0 saturated carbocycles. The predicted molar refractivity (Wildman–Crippen MR) is 90.6 cm³/mol. The highest BCUT2D eigenvalue weighted by molar-refractivity contribution is 5.56. The second-order valence-electron chi connectivity index (χ2n) is 5.41.